The van der Waals surface area contributed by atoms with E-state index in [-0.39, 0.29) is 0 Å². The van der Waals surface area contributed by atoms with E-state index >= 15 is 0 Å². The maximum atomic E-state index is 6.17. The van der Waals surface area contributed by atoms with E-state index in [1.54, 1.807) is 0 Å². The van der Waals surface area contributed by atoms with Gasteiger partial charge in [-0.05, 0) is 44.0 Å². The third-order valence-electron chi connectivity index (χ3n) is 3.48. The fourth-order valence-corrected chi connectivity index (χ4v) is 2.20. The second-order valence-corrected chi connectivity index (χ2v) is 6.02. The Morgan fingerprint density at radius 2 is 1.57 bits per heavy atom. The minimum atomic E-state index is 0.457. The fourth-order valence-electron chi connectivity index (χ4n) is 2.20. The minimum Gasteiger partial charge on any atom is -0.457 e. The van der Waals surface area contributed by atoms with Crippen molar-refractivity contribution in [1.29, 1.82) is 0 Å². The van der Waals surface area contributed by atoms with Crippen molar-refractivity contribution in [2.45, 2.75) is 47.2 Å². The molecule has 0 amide bonds. The Morgan fingerprint density at radius 3 is 2.29 bits per heavy atom. The molecule has 0 aliphatic carbocycles. The van der Waals surface area contributed by atoms with Gasteiger partial charge < -0.3 is 10.1 Å². The third-order valence-corrected chi connectivity index (χ3v) is 3.48. The summed E-state index contributed by atoms with van der Waals surface area (Å²) in [5, 5.41) is 3.46. The van der Waals surface area contributed by atoms with E-state index in [0.29, 0.717) is 6.04 Å². The molecule has 2 heteroatoms. The van der Waals surface area contributed by atoms with Crippen LogP contribution in [0.1, 0.15) is 36.1 Å². The molecule has 2 aromatic carbocycles. The smallest absolute Gasteiger partial charge is 0.131 e. The van der Waals surface area contributed by atoms with Crippen molar-refractivity contribution < 1.29 is 4.74 Å². The number of rotatable bonds is 5. The molecular formula is C19H25NO. The Morgan fingerprint density at radius 1 is 0.905 bits per heavy atom. The summed E-state index contributed by atoms with van der Waals surface area (Å²) in [4.78, 5) is 0. The molecule has 0 spiro atoms. The molecule has 0 bridgehead atoms. The van der Waals surface area contributed by atoms with Gasteiger partial charge in [-0.2, -0.15) is 0 Å². The maximum absolute atomic E-state index is 6.17. The molecule has 0 saturated carbocycles. The monoisotopic (exact) mass is 283 g/mol. The fraction of sp³-hybridized carbons (Fsp3) is 0.368. The molecule has 0 fully saturated rings. The highest BCUT2D eigenvalue weighted by Gasteiger charge is 2.08. The van der Waals surface area contributed by atoms with Crippen LogP contribution in [0, 0.1) is 20.8 Å². The quantitative estimate of drug-likeness (QED) is 0.842. The van der Waals surface area contributed by atoms with E-state index in [2.05, 4.69) is 76.3 Å². The van der Waals surface area contributed by atoms with E-state index < -0.39 is 0 Å². The molecule has 0 radical (unpaired) electrons. The van der Waals surface area contributed by atoms with E-state index in [4.69, 9.17) is 4.74 Å². The lowest BCUT2D eigenvalue weighted by Crippen LogP contribution is -2.22. The van der Waals surface area contributed by atoms with Gasteiger partial charge in [0.05, 0.1) is 0 Å². The Kier molecular flexibility index (Phi) is 5.03. The average Bonchev–Trinajstić information content (AvgIpc) is 2.43. The molecule has 2 aromatic rings. The minimum absolute atomic E-state index is 0.457. The largest absolute Gasteiger partial charge is 0.457 e. The van der Waals surface area contributed by atoms with Crippen LogP contribution in [-0.4, -0.2) is 6.04 Å². The van der Waals surface area contributed by atoms with Gasteiger partial charge in [0.2, 0.25) is 0 Å². The van der Waals surface area contributed by atoms with Gasteiger partial charge in [-0.3, -0.25) is 0 Å². The first-order valence-corrected chi connectivity index (χ1v) is 7.53. The summed E-state index contributed by atoms with van der Waals surface area (Å²) >= 11 is 0. The second-order valence-electron chi connectivity index (χ2n) is 6.02. The molecule has 0 heterocycles. The van der Waals surface area contributed by atoms with E-state index in [1.165, 1.54) is 16.7 Å². The van der Waals surface area contributed by atoms with Crippen LogP contribution in [0.5, 0.6) is 11.5 Å². The first kappa shape index (κ1) is 15.6. The number of nitrogens with one attached hydrogen (secondary N) is 1. The Bertz CT molecular complexity index is 617. The Balaban J connectivity index is 2.28. The summed E-state index contributed by atoms with van der Waals surface area (Å²) < 4.78 is 6.17. The van der Waals surface area contributed by atoms with Crippen molar-refractivity contribution in [2.75, 3.05) is 0 Å². The summed E-state index contributed by atoms with van der Waals surface area (Å²) in [5.41, 5.74) is 4.82. The normalized spacial score (nSPS) is 11.0. The number of benzene rings is 2. The lowest BCUT2D eigenvalue weighted by atomic mass is 10.1. The predicted octanol–water partition coefficient (Wildman–Crippen LogP) is 4.90. The average molecular weight is 283 g/mol. The Labute approximate surface area is 128 Å². The van der Waals surface area contributed by atoms with E-state index in [9.17, 15) is 0 Å². The highest BCUT2D eigenvalue weighted by Crippen LogP contribution is 2.29. The molecule has 0 aromatic heterocycles. The summed E-state index contributed by atoms with van der Waals surface area (Å²) in [5.74, 6) is 1.87. The van der Waals surface area contributed by atoms with E-state index in [0.717, 1.165) is 23.6 Å². The van der Waals surface area contributed by atoms with Gasteiger partial charge in [0.1, 0.15) is 11.5 Å². The molecule has 21 heavy (non-hydrogen) atoms. The van der Waals surface area contributed by atoms with Crippen molar-refractivity contribution in [3.8, 4) is 11.5 Å². The molecule has 112 valence electrons. The topological polar surface area (TPSA) is 21.3 Å². The summed E-state index contributed by atoms with van der Waals surface area (Å²) in [6.45, 7) is 11.4. The van der Waals surface area contributed by atoms with Crippen molar-refractivity contribution in [2.24, 2.45) is 0 Å². The second kappa shape index (κ2) is 6.77. The number of hydrogen-bond donors (Lipinski definition) is 1. The van der Waals surface area contributed by atoms with Crippen LogP contribution < -0.4 is 10.1 Å². The van der Waals surface area contributed by atoms with Crippen molar-refractivity contribution in [3.05, 3.63) is 58.7 Å². The van der Waals surface area contributed by atoms with Gasteiger partial charge >= 0.3 is 0 Å². The first-order valence-electron chi connectivity index (χ1n) is 7.53. The van der Waals surface area contributed by atoms with Gasteiger partial charge in [-0.15, -0.1) is 0 Å². The molecule has 0 saturated heterocycles. The van der Waals surface area contributed by atoms with Crippen LogP contribution in [0.25, 0.3) is 0 Å². The maximum Gasteiger partial charge on any atom is 0.131 e. The standard InChI is InChI=1S/C19H25NO/c1-13(2)20-12-17-10-14(3)7-9-18(17)21-19-11-15(4)6-8-16(19)5/h6-11,13,20H,12H2,1-5H3. The molecule has 1 N–H and O–H groups in total. The SMILES string of the molecule is Cc1ccc(Oc2cc(C)ccc2C)c(CNC(C)C)c1. The lowest BCUT2D eigenvalue weighted by Gasteiger charge is -2.16. The zero-order valence-electron chi connectivity index (χ0n) is 13.7. The van der Waals surface area contributed by atoms with Gasteiger partial charge in [-0.25, -0.2) is 0 Å². The van der Waals surface area contributed by atoms with Crippen LogP contribution >= 0.6 is 0 Å². The molecule has 0 unspecified atom stereocenters. The van der Waals surface area contributed by atoms with Crippen LogP contribution in [0.2, 0.25) is 0 Å². The summed E-state index contributed by atoms with van der Waals surface area (Å²) in [6, 6.07) is 13.1. The molecule has 2 rings (SSSR count). The van der Waals surface area contributed by atoms with Gasteiger partial charge in [0.15, 0.2) is 0 Å². The molecule has 0 aliphatic rings. The molecule has 0 aliphatic heterocycles. The highest BCUT2D eigenvalue weighted by molar-refractivity contribution is 5.43. The third kappa shape index (κ3) is 4.33. The van der Waals surface area contributed by atoms with E-state index in [1.807, 2.05) is 0 Å². The van der Waals surface area contributed by atoms with Crippen molar-refractivity contribution >= 4 is 0 Å². The van der Waals surface area contributed by atoms with Crippen molar-refractivity contribution in [3.63, 3.8) is 0 Å². The number of ether oxygens (including phenoxy) is 1. The Hall–Kier alpha value is -1.80. The number of aryl methyl sites for hydroxylation is 3. The summed E-state index contributed by atoms with van der Waals surface area (Å²) in [6.07, 6.45) is 0. The number of hydrogen-bond acceptors (Lipinski definition) is 2. The van der Waals surface area contributed by atoms with Crippen LogP contribution in [0.4, 0.5) is 0 Å². The molecule has 2 nitrogen and oxygen atoms in total. The first-order chi connectivity index (χ1) is 9.95. The van der Waals surface area contributed by atoms with Gasteiger partial charge in [-0.1, -0.05) is 43.7 Å². The van der Waals surface area contributed by atoms with Crippen LogP contribution in [0.15, 0.2) is 36.4 Å². The van der Waals surface area contributed by atoms with Crippen LogP contribution in [-0.2, 0) is 6.54 Å². The molecular weight excluding hydrogens is 258 g/mol. The zero-order chi connectivity index (χ0) is 15.4. The summed E-state index contributed by atoms with van der Waals surface area (Å²) in [7, 11) is 0. The zero-order valence-corrected chi connectivity index (χ0v) is 13.7. The molecule has 0 atom stereocenters. The lowest BCUT2D eigenvalue weighted by molar-refractivity contribution is 0.465. The van der Waals surface area contributed by atoms with Crippen molar-refractivity contribution in [1.82, 2.24) is 5.32 Å². The highest BCUT2D eigenvalue weighted by atomic mass is 16.5. The van der Waals surface area contributed by atoms with Gasteiger partial charge in [0, 0.05) is 18.2 Å². The predicted molar refractivity (Wildman–Crippen MR) is 89.1 cm³/mol. The van der Waals surface area contributed by atoms with Gasteiger partial charge in [0.25, 0.3) is 0 Å². The van der Waals surface area contributed by atoms with Crippen LogP contribution in [0.3, 0.4) is 0 Å².